The van der Waals surface area contributed by atoms with Gasteiger partial charge in [-0.3, -0.25) is 9.59 Å². The van der Waals surface area contributed by atoms with Crippen molar-refractivity contribution in [1.29, 1.82) is 0 Å². The van der Waals surface area contributed by atoms with E-state index in [-0.39, 0.29) is 18.4 Å². The highest BCUT2D eigenvalue weighted by molar-refractivity contribution is 8.03. The maximum absolute atomic E-state index is 12.4. The second kappa shape index (κ2) is 7.90. The highest BCUT2D eigenvalue weighted by atomic mass is 32.2. The molecular weight excluding hydrogens is 336 g/mol. The topological polar surface area (TPSA) is 58.6 Å². The Morgan fingerprint density at radius 3 is 2.56 bits per heavy atom. The predicted molar refractivity (Wildman–Crippen MR) is 100 cm³/mol. The Bertz CT molecular complexity index is 788. The van der Waals surface area contributed by atoms with Crippen LogP contribution in [-0.4, -0.2) is 36.1 Å². The first-order chi connectivity index (χ1) is 12.2. The maximum atomic E-state index is 12.4. The van der Waals surface area contributed by atoms with Gasteiger partial charge >= 0.3 is 0 Å². The van der Waals surface area contributed by atoms with E-state index in [9.17, 15) is 9.59 Å². The molecule has 0 spiro atoms. The molecule has 2 aromatic rings. The summed E-state index contributed by atoms with van der Waals surface area (Å²) in [6, 6.07) is 16.7. The fraction of sp³-hybridized carbons (Fsp3) is 0.158. The number of carbonyl (C=O) groups is 2. The largest absolute Gasteiger partial charge is 0.497 e. The van der Waals surface area contributed by atoms with E-state index in [1.54, 1.807) is 31.4 Å². The minimum atomic E-state index is -0.243. The molecule has 0 saturated carbocycles. The van der Waals surface area contributed by atoms with E-state index in [2.05, 4.69) is 5.32 Å². The van der Waals surface area contributed by atoms with Crippen molar-refractivity contribution in [2.45, 2.75) is 0 Å². The third kappa shape index (κ3) is 4.22. The molecule has 3 rings (SSSR count). The van der Waals surface area contributed by atoms with Gasteiger partial charge in [-0.2, -0.15) is 0 Å². The number of carbonyl (C=O) groups excluding carboxylic acids is 2. The molecule has 0 atom stereocenters. The van der Waals surface area contributed by atoms with Crippen LogP contribution in [0.5, 0.6) is 5.75 Å². The number of nitrogens with one attached hydrogen (secondary N) is 1. The zero-order valence-electron chi connectivity index (χ0n) is 13.8. The second-order valence-corrected chi connectivity index (χ2v) is 6.29. The first kappa shape index (κ1) is 17.1. The molecule has 6 heteroatoms. The van der Waals surface area contributed by atoms with Crippen molar-refractivity contribution in [3.63, 3.8) is 0 Å². The molecule has 2 aromatic carbocycles. The summed E-state index contributed by atoms with van der Waals surface area (Å²) in [5, 5.41) is 4.74. The normalized spacial score (nSPS) is 14.0. The quantitative estimate of drug-likeness (QED) is 0.896. The molecule has 0 aliphatic carbocycles. The minimum absolute atomic E-state index is 0.0217. The number of hydrogen-bond donors (Lipinski definition) is 1. The molecule has 2 amide bonds. The van der Waals surface area contributed by atoms with Crippen molar-refractivity contribution in [3.05, 3.63) is 65.6 Å². The number of nitrogens with zero attached hydrogens (tertiary/aromatic N) is 1. The smallest absolute Gasteiger partial charge is 0.244 e. The van der Waals surface area contributed by atoms with Gasteiger partial charge in [-0.1, -0.05) is 30.3 Å². The molecule has 0 unspecified atom stereocenters. The molecule has 25 heavy (non-hydrogen) atoms. The van der Waals surface area contributed by atoms with Crippen LogP contribution in [0.15, 0.2) is 60.0 Å². The molecule has 128 valence electrons. The van der Waals surface area contributed by atoms with E-state index < -0.39 is 0 Å². The van der Waals surface area contributed by atoms with Gasteiger partial charge in [0.25, 0.3) is 0 Å². The van der Waals surface area contributed by atoms with Crippen LogP contribution >= 0.6 is 11.8 Å². The average Bonchev–Trinajstić information content (AvgIpc) is 2.65. The van der Waals surface area contributed by atoms with E-state index >= 15 is 0 Å². The van der Waals surface area contributed by atoms with Gasteiger partial charge < -0.3 is 15.0 Å². The molecule has 0 bridgehead atoms. The van der Waals surface area contributed by atoms with Crippen LogP contribution in [0.4, 0.5) is 5.69 Å². The number of amides is 2. The van der Waals surface area contributed by atoms with Gasteiger partial charge in [-0.25, -0.2) is 0 Å². The third-order valence-corrected chi connectivity index (χ3v) is 4.54. The van der Waals surface area contributed by atoms with Gasteiger partial charge in [0, 0.05) is 5.69 Å². The van der Waals surface area contributed by atoms with Gasteiger partial charge in [0.15, 0.2) is 0 Å². The van der Waals surface area contributed by atoms with Crippen molar-refractivity contribution in [3.8, 4) is 5.75 Å². The number of thioether (sulfide) groups is 1. The molecular formula is C19H18N2O3S. The average molecular weight is 354 g/mol. The SMILES string of the molecule is COc1ccc(NC(=O)CN2C(=O)CSC=C2c2ccccc2)cc1. The summed E-state index contributed by atoms with van der Waals surface area (Å²) in [6.07, 6.45) is 0. The number of ether oxygens (including phenoxy) is 1. The van der Waals surface area contributed by atoms with Crippen LogP contribution in [0.3, 0.4) is 0 Å². The Kier molecular flexibility index (Phi) is 5.40. The Morgan fingerprint density at radius 1 is 1.16 bits per heavy atom. The molecule has 5 nitrogen and oxygen atoms in total. The molecule has 0 radical (unpaired) electrons. The van der Waals surface area contributed by atoms with Gasteiger partial charge in [0.1, 0.15) is 12.3 Å². The lowest BCUT2D eigenvalue weighted by Crippen LogP contribution is -2.39. The zero-order chi connectivity index (χ0) is 17.6. The summed E-state index contributed by atoms with van der Waals surface area (Å²) >= 11 is 1.45. The van der Waals surface area contributed by atoms with Crippen molar-refractivity contribution in [2.24, 2.45) is 0 Å². The van der Waals surface area contributed by atoms with Crippen molar-refractivity contribution in [1.82, 2.24) is 4.90 Å². The first-order valence-electron chi connectivity index (χ1n) is 7.79. The van der Waals surface area contributed by atoms with Gasteiger partial charge in [-0.15, -0.1) is 11.8 Å². The molecule has 0 saturated heterocycles. The molecule has 0 fully saturated rings. The number of anilines is 1. The minimum Gasteiger partial charge on any atom is -0.497 e. The molecule has 1 aliphatic heterocycles. The summed E-state index contributed by atoms with van der Waals surface area (Å²) in [4.78, 5) is 26.2. The lowest BCUT2D eigenvalue weighted by atomic mass is 10.1. The van der Waals surface area contributed by atoms with E-state index in [1.807, 2.05) is 35.7 Å². The monoisotopic (exact) mass is 354 g/mol. The summed E-state index contributed by atoms with van der Waals surface area (Å²) in [6.45, 7) is -0.0217. The van der Waals surface area contributed by atoms with Crippen LogP contribution in [-0.2, 0) is 9.59 Å². The standard InChI is InChI=1S/C19H18N2O3S/c1-24-16-9-7-15(8-10-16)20-18(22)11-21-17(12-25-13-19(21)23)14-5-3-2-4-6-14/h2-10,12H,11,13H2,1H3,(H,20,22). The Balaban J connectivity index is 1.72. The second-order valence-electron chi connectivity index (χ2n) is 5.44. The van der Waals surface area contributed by atoms with Crippen molar-refractivity contribution >= 4 is 35.0 Å². The highest BCUT2D eigenvalue weighted by Gasteiger charge is 2.25. The highest BCUT2D eigenvalue weighted by Crippen LogP contribution is 2.28. The maximum Gasteiger partial charge on any atom is 0.244 e. The summed E-state index contributed by atoms with van der Waals surface area (Å²) < 4.78 is 5.10. The fourth-order valence-corrected chi connectivity index (χ4v) is 3.30. The van der Waals surface area contributed by atoms with Gasteiger partial charge in [0.05, 0.1) is 18.6 Å². The van der Waals surface area contributed by atoms with E-state index in [0.29, 0.717) is 11.4 Å². The van der Waals surface area contributed by atoms with Gasteiger partial charge in [0.2, 0.25) is 11.8 Å². The molecule has 0 aromatic heterocycles. The number of benzene rings is 2. The van der Waals surface area contributed by atoms with Crippen molar-refractivity contribution in [2.75, 3.05) is 24.7 Å². The summed E-state index contributed by atoms with van der Waals surface area (Å²) in [7, 11) is 1.59. The number of hydrogen-bond acceptors (Lipinski definition) is 4. The molecule has 1 heterocycles. The van der Waals surface area contributed by atoms with E-state index in [0.717, 1.165) is 17.0 Å². The van der Waals surface area contributed by atoms with E-state index in [1.165, 1.54) is 16.7 Å². The molecule has 1 aliphatic rings. The first-order valence-corrected chi connectivity index (χ1v) is 8.84. The molecule has 1 N–H and O–H groups in total. The Morgan fingerprint density at radius 2 is 1.88 bits per heavy atom. The fourth-order valence-electron chi connectivity index (χ4n) is 2.49. The van der Waals surface area contributed by atoms with Crippen LogP contribution in [0, 0.1) is 0 Å². The van der Waals surface area contributed by atoms with Crippen LogP contribution in [0.2, 0.25) is 0 Å². The Hall–Kier alpha value is -2.73. The lowest BCUT2D eigenvalue weighted by Gasteiger charge is -2.28. The zero-order valence-corrected chi connectivity index (χ0v) is 14.6. The lowest BCUT2D eigenvalue weighted by molar-refractivity contribution is -0.129. The van der Waals surface area contributed by atoms with Gasteiger partial charge in [-0.05, 0) is 35.2 Å². The summed E-state index contributed by atoms with van der Waals surface area (Å²) in [5.74, 6) is 0.741. The number of methoxy groups -OCH3 is 1. The summed E-state index contributed by atoms with van der Waals surface area (Å²) in [5.41, 5.74) is 2.34. The van der Waals surface area contributed by atoms with Crippen LogP contribution in [0.1, 0.15) is 5.56 Å². The Labute approximate surface area is 150 Å². The predicted octanol–water partition coefficient (Wildman–Crippen LogP) is 3.21. The van der Waals surface area contributed by atoms with Crippen molar-refractivity contribution < 1.29 is 14.3 Å². The van der Waals surface area contributed by atoms with E-state index in [4.69, 9.17) is 4.74 Å². The van der Waals surface area contributed by atoms with Crippen LogP contribution < -0.4 is 10.1 Å². The third-order valence-electron chi connectivity index (χ3n) is 3.74. The van der Waals surface area contributed by atoms with Crippen LogP contribution in [0.25, 0.3) is 5.70 Å². The number of rotatable bonds is 5.